The van der Waals surface area contributed by atoms with E-state index in [-0.39, 0.29) is 6.54 Å². The average Bonchev–Trinajstić information content (AvgIpc) is 2.36. The number of primary amides is 1. The Hall–Kier alpha value is -2.64. The van der Waals surface area contributed by atoms with Crippen molar-refractivity contribution in [3.63, 3.8) is 0 Å². The molecular weight excluding hydrogens is 252 g/mol. The minimum absolute atomic E-state index is 0.220. The van der Waals surface area contributed by atoms with Crippen LogP contribution in [0.3, 0.4) is 0 Å². The lowest BCUT2D eigenvalue weighted by atomic mass is 10.2. The Morgan fingerprint density at radius 2 is 1.95 bits per heavy atom. The molecule has 1 aromatic heterocycles. The van der Waals surface area contributed by atoms with E-state index in [1.807, 2.05) is 0 Å². The van der Waals surface area contributed by atoms with E-state index in [1.54, 1.807) is 24.5 Å². The third kappa shape index (κ3) is 5.48. The van der Waals surface area contributed by atoms with E-state index in [0.717, 1.165) is 5.56 Å². The van der Waals surface area contributed by atoms with Crippen molar-refractivity contribution < 1.29 is 19.5 Å². The summed E-state index contributed by atoms with van der Waals surface area (Å²) in [5, 5.41) is 13.4. The number of pyridine rings is 1. The van der Waals surface area contributed by atoms with E-state index in [4.69, 9.17) is 10.8 Å². The molecule has 0 radical (unpaired) electrons. The molecule has 102 valence electrons. The maximum atomic E-state index is 11.5. The minimum atomic E-state index is -1.34. The van der Waals surface area contributed by atoms with Gasteiger partial charge in [0.25, 0.3) is 0 Å². The molecule has 0 aliphatic heterocycles. The molecular formula is C11H14N4O4. The first-order chi connectivity index (χ1) is 8.99. The van der Waals surface area contributed by atoms with E-state index >= 15 is 0 Å². The van der Waals surface area contributed by atoms with Gasteiger partial charge in [0.05, 0.1) is 6.42 Å². The van der Waals surface area contributed by atoms with Gasteiger partial charge in [-0.05, 0) is 17.7 Å². The first-order valence-corrected chi connectivity index (χ1v) is 5.43. The highest BCUT2D eigenvalue weighted by Crippen LogP contribution is 1.95. The Morgan fingerprint density at radius 3 is 2.47 bits per heavy atom. The summed E-state index contributed by atoms with van der Waals surface area (Å²) >= 11 is 0. The summed E-state index contributed by atoms with van der Waals surface area (Å²) in [6.07, 6.45) is 2.68. The van der Waals surface area contributed by atoms with Gasteiger partial charge in [-0.15, -0.1) is 0 Å². The molecule has 1 rings (SSSR count). The maximum absolute atomic E-state index is 11.5. The van der Waals surface area contributed by atoms with Gasteiger partial charge in [-0.3, -0.25) is 9.78 Å². The lowest BCUT2D eigenvalue weighted by molar-refractivity contribution is -0.140. The van der Waals surface area contributed by atoms with Crippen molar-refractivity contribution in [1.29, 1.82) is 0 Å². The van der Waals surface area contributed by atoms with Gasteiger partial charge in [0.1, 0.15) is 6.04 Å². The maximum Gasteiger partial charge on any atom is 0.326 e. The quantitative estimate of drug-likeness (QED) is 0.535. The topological polar surface area (TPSA) is 134 Å². The summed E-state index contributed by atoms with van der Waals surface area (Å²) in [5.74, 6) is -2.13. The zero-order valence-electron chi connectivity index (χ0n) is 10.00. The first-order valence-electron chi connectivity index (χ1n) is 5.43. The first kappa shape index (κ1) is 14.4. The predicted octanol–water partition coefficient (Wildman–Crippen LogP) is -0.791. The van der Waals surface area contributed by atoms with E-state index < -0.39 is 30.4 Å². The number of carboxylic acid groups (broad SMARTS) is 1. The fourth-order valence-electron chi connectivity index (χ4n) is 1.29. The van der Waals surface area contributed by atoms with Crippen LogP contribution < -0.4 is 16.4 Å². The van der Waals surface area contributed by atoms with Gasteiger partial charge in [-0.25, -0.2) is 9.59 Å². The summed E-state index contributed by atoms with van der Waals surface area (Å²) in [6.45, 7) is 0.220. The molecule has 0 aromatic carbocycles. The van der Waals surface area contributed by atoms with Gasteiger partial charge in [-0.2, -0.15) is 0 Å². The van der Waals surface area contributed by atoms with E-state index in [1.165, 1.54) is 0 Å². The Balaban J connectivity index is 2.45. The summed E-state index contributed by atoms with van der Waals surface area (Å²) < 4.78 is 0. The standard InChI is InChI=1S/C11H14N4O4/c12-9(16)5-8(10(17)18)15-11(19)14-6-7-1-3-13-4-2-7/h1-4,8H,5-6H2,(H2,12,16)(H,17,18)(H2,14,15,19)/t8-/m1/s1. The molecule has 8 heteroatoms. The SMILES string of the molecule is NC(=O)C[C@@H](NC(=O)NCc1ccncc1)C(=O)O. The fourth-order valence-corrected chi connectivity index (χ4v) is 1.29. The molecule has 0 unspecified atom stereocenters. The van der Waals surface area contributed by atoms with Crippen LogP contribution in [-0.2, 0) is 16.1 Å². The number of amides is 3. The van der Waals surface area contributed by atoms with Gasteiger partial charge in [0.15, 0.2) is 0 Å². The second-order valence-corrected chi connectivity index (χ2v) is 3.74. The van der Waals surface area contributed by atoms with Gasteiger partial charge in [-0.1, -0.05) is 0 Å². The summed E-state index contributed by atoms with van der Waals surface area (Å²) in [6, 6.07) is 1.39. The van der Waals surface area contributed by atoms with Crippen molar-refractivity contribution in [1.82, 2.24) is 15.6 Å². The molecule has 1 atom stereocenters. The number of hydrogen-bond donors (Lipinski definition) is 4. The van der Waals surface area contributed by atoms with Crippen molar-refractivity contribution in [3.8, 4) is 0 Å². The highest BCUT2D eigenvalue weighted by atomic mass is 16.4. The van der Waals surface area contributed by atoms with E-state index in [2.05, 4.69) is 15.6 Å². The van der Waals surface area contributed by atoms with Crippen LogP contribution >= 0.6 is 0 Å². The highest BCUT2D eigenvalue weighted by molar-refractivity contribution is 5.87. The summed E-state index contributed by atoms with van der Waals surface area (Å²) in [4.78, 5) is 36.7. The Kier molecular flexibility index (Phi) is 5.27. The number of hydrogen-bond acceptors (Lipinski definition) is 4. The Morgan fingerprint density at radius 1 is 1.32 bits per heavy atom. The van der Waals surface area contributed by atoms with Crippen molar-refractivity contribution in [3.05, 3.63) is 30.1 Å². The number of aliphatic carboxylic acids is 1. The molecule has 0 spiro atoms. The summed E-state index contributed by atoms with van der Waals surface area (Å²) in [5.41, 5.74) is 5.70. The van der Waals surface area contributed by atoms with Gasteiger partial charge in [0, 0.05) is 18.9 Å². The zero-order valence-corrected chi connectivity index (χ0v) is 10.00. The number of rotatable bonds is 6. The molecule has 19 heavy (non-hydrogen) atoms. The molecule has 0 bridgehead atoms. The van der Waals surface area contributed by atoms with Crippen LogP contribution in [0.1, 0.15) is 12.0 Å². The fraction of sp³-hybridized carbons (Fsp3) is 0.273. The minimum Gasteiger partial charge on any atom is -0.480 e. The molecule has 0 fully saturated rings. The molecule has 0 aliphatic carbocycles. The van der Waals surface area contributed by atoms with Crippen LogP contribution in [0.15, 0.2) is 24.5 Å². The monoisotopic (exact) mass is 266 g/mol. The number of urea groups is 1. The number of carbonyl (C=O) groups excluding carboxylic acids is 2. The molecule has 0 saturated carbocycles. The molecule has 5 N–H and O–H groups in total. The van der Waals surface area contributed by atoms with Crippen LogP contribution in [0.25, 0.3) is 0 Å². The van der Waals surface area contributed by atoms with Crippen molar-refractivity contribution >= 4 is 17.9 Å². The molecule has 1 aromatic rings. The number of nitrogens with two attached hydrogens (primary N) is 1. The van der Waals surface area contributed by atoms with Gasteiger partial charge < -0.3 is 21.5 Å². The molecule has 0 saturated heterocycles. The van der Waals surface area contributed by atoms with Crippen molar-refractivity contribution in [2.24, 2.45) is 5.73 Å². The second kappa shape index (κ2) is 6.94. The van der Waals surface area contributed by atoms with Crippen LogP contribution in [0.2, 0.25) is 0 Å². The number of carbonyl (C=O) groups is 3. The van der Waals surface area contributed by atoms with Gasteiger partial charge >= 0.3 is 12.0 Å². The molecule has 0 aliphatic rings. The number of aromatic nitrogens is 1. The highest BCUT2D eigenvalue weighted by Gasteiger charge is 2.21. The summed E-state index contributed by atoms with van der Waals surface area (Å²) in [7, 11) is 0. The second-order valence-electron chi connectivity index (χ2n) is 3.74. The van der Waals surface area contributed by atoms with E-state index in [9.17, 15) is 14.4 Å². The van der Waals surface area contributed by atoms with Crippen molar-refractivity contribution in [2.75, 3.05) is 0 Å². The zero-order chi connectivity index (χ0) is 14.3. The number of nitrogens with one attached hydrogen (secondary N) is 2. The number of carboxylic acids is 1. The Bertz CT molecular complexity index is 463. The number of nitrogens with zero attached hydrogens (tertiary/aromatic N) is 1. The third-order valence-corrected chi connectivity index (χ3v) is 2.21. The molecule has 8 nitrogen and oxygen atoms in total. The van der Waals surface area contributed by atoms with Crippen LogP contribution in [0.4, 0.5) is 4.79 Å². The lowest BCUT2D eigenvalue weighted by Crippen LogP contribution is -2.47. The third-order valence-electron chi connectivity index (χ3n) is 2.21. The smallest absolute Gasteiger partial charge is 0.326 e. The normalized spacial score (nSPS) is 11.4. The van der Waals surface area contributed by atoms with Gasteiger partial charge in [0.2, 0.25) is 5.91 Å². The predicted molar refractivity (Wildman–Crippen MR) is 64.8 cm³/mol. The van der Waals surface area contributed by atoms with Crippen molar-refractivity contribution in [2.45, 2.75) is 19.0 Å². The van der Waals surface area contributed by atoms with Crippen LogP contribution in [0, 0.1) is 0 Å². The largest absolute Gasteiger partial charge is 0.480 e. The lowest BCUT2D eigenvalue weighted by Gasteiger charge is -2.13. The Labute approximate surface area is 109 Å². The van der Waals surface area contributed by atoms with Crippen LogP contribution in [0.5, 0.6) is 0 Å². The van der Waals surface area contributed by atoms with E-state index in [0.29, 0.717) is 0 Å². The molecule has 1 heterocycles. The van der Waals surface area contributed by atoms with Crippen LogP contribution in [-0.4, -0.2) is 34.0 Å². The molecule has 3 amide bonds. The average molecular weight is 266 g/mol.